The van der Waals surface area contributed by atoms with E-state index in [0.717, 1.165) is 63.7 Å². The van der Waals surface area contributed by atoms with Gasteiger partial charge in [0.1, 0.15) is 11.6 Å². The van der Waals surface area contributed by atoms with Crippen LogP contribution in [0.5, 0.6) is 0 Å². The fraction of sp³-hybridized carbons (Fsp3) is 0.435. The van der Waals surface area contributed by atoms with Gasteiger partial charge in [0.05, 0.1) is 16.1 Å². The number of carbonyl (C=O) groups excluding carboxylic acids is 1. The number of nitrogens with one attached hydrogen (secondary N) is 1. The van der Waals surface area contributed by atoms with Gasteiger partial charge in [0.15, 0.2) is 0 Å². The second kappa shape index (κ2) is 9.54. The minimum absolute atomic E-state index is 0.0462. The number of hydrogen-bond acceptors (Lipinski definition) is 4. The Morgan fingerprint density at radius 2 is 1.50 bits per heavy atom. The highest BCUT2D eigenvalue weighted by Crippen LogP contribution is 2.30. The van der Waals surface area contributed by atoms with Crippen molar-refractivity contribution in [1.29, 1.82) is 0 Å². The van der Waals surface area contributed by atoms with Gasteiger partial charge in [-0.05, 0) is 62.4 Å². The lowest BCUT2D eigenvalue weighted by atomic mass is 10.1. The van der Waals surface area contributed by atoms with Crippen molar-refractivity contribution in [2.24, 2.45) is 0 Å². The quantitative estimate of drug-likeness (QED) is 0.715. The maximum Gasteiger partial charge on any atom is 0.257 e. The lowest BCUT2D eigenvalue weighted by Gasteiger charge is -2.31. The van der Waals surface area contributed by atoms with E-state index in [-0.39, 0.29) is 16.1 Å². The zero-order valence-corrected chi connectivity index (χ0v) is 18.6. The summed E-state index contributed by atoms with van der Waals surface area (Å²) in [5.41, 5.74) is 0.612. The zero-order valence-electron chi connectivity index (χ0n) is 17.8. The van der Waals surface area contributed by atoms with Crippen LogP contribution < -0.4 is 10.2 Å². The first-order valence-corrected chi connectivity index (χ1v) is 12.5. The largest absolute Gasteiger partial charge is 0.371 e. The third-order valence-electron chi connectivity index (χ3n) is 6.04. The van der Waals surface area contributed by atoms with Gasteiger partial charge in [-0.1, -0.05) is 6.42 Å². The number of piperidine rings is 2. The van der Waals surface area contributed by atoms with Crippen molar-refractivity contribution in [2.75, 3.05) is 36.4 Å². The number of sulfonamides is 1. The maximum absolute atomic E-state index is 14.1. The molecule has 0 bridgehead atoms. The fourth-order valence-electron chi connectivity index (χ4n) is 4.30. The average molecular weight is 464 g/mol. The molecule has 2 aliphatic heterocycles. The molecule has 2 aromatic carbocycles. The van der Waals surface area contributed by atoms with Crippen molar-refractivity contribution in [3.63, 3.8) is 0 Å². The second-order valence-corrected chi connectivity index (χ2v) is 10.2. The Bertz CT molecular complexity index is 1100. The average Bonchev–Trinajstić information content (AvgIpc) is 2.81. The molecule has 0 atom stereocenters. The molecule has 172 valence electrons. The molecule has 2 fully saturated rings. The van der Waals surface area contributed by atoms with Crippen LogP contribution in [0.4, 0.5) is 20.2 Å². The van der Waals surface area contributed by atoms with Crippen LogP contribution in [0.15, 0.2) is 41.3 Å². The number of benzene rings is 2. The topological polar surface area (TPSA) is 69.7 Å². The molecule has 1 amide bonds. The molecule has 9 heteroatoms. The number of nitrogens with zero attached hydrogens (tertiary/aromatic N) is 2. The third kappa shape index (κ3) is 4.78. The molecule has 6 nitrogen and oxygen atoms in total. The summed E-state index contributed by atoms with van der Waals surface area (Å²) in [6, 6.07) is 7.49. The predicted molar refractivity (Wildman–Crippen MR) is 119 cm³/mol. The smallest absolute Gasteiger partial charge is 0.257 e. The van der Waals surface area contributed by atoms with Crippen LogP contribution in [-0.2, 0) is 10.0 Å². The van der Waals surface area contributed by atoms with Gasteiger partial charge in [-0.25, -0.2) is 17.2 Å². The van der Waals surface area contributed by atoms with Crippen molar-refractivity contribution in [3.05, 3.63) is 53.6 Å². The molecular weight excluding hydrogens is 436 g/mol. The summed E-state index contributed by atoms with van der Waals surface area (Å²) in [7, 11) is -3.74. The number of rotatable bonds is 5. The van der Waals surface area contributed by atoms with Crippen LogP contribution in [0.3, 0.4) is 0 Å². The fourth-order valence-corrected chi connectivity index (χ4v) is 5.85. The van der Waals surface area contributed by atoms with Crippen LogP contribution in [0.25, 0.3) is 0 Å². The molecule has 32 heavy (non-hydrogen) atoms. The van der Waals surface area contributed by atoms with Gasteiger partial charge in [-0.15, -0.1) is 0 Å². The highest BCUT2D eigenvalue weighted by Gasteiger charge is 2.28. The Balaban J connectivity index is 1.71. The monoisotopic (exact) mass is 463 g/mol. The van der Waals surface area contributed by atoms with E-state index in [9.17, 15) is 22.0 Å². The Kier molecular flexibility index (Phi) is 6.76. The molecule has 0 spiro atoms. The third-order valence-corrected chi connectivity index (χ3v) is 7.94. The van der Waals surface area contributed by atoms with Crippen molar-refractivity contribution in [3.8, 4) is 0 Å². The Hall–Kier alpha value is -2.52. The van der Waals surface area contributed by atoms with Crippen molar-refractivity contribution in [1.82, 2.24) is 4.31 Å². The molecule has 0 aliphatic carbocycles. The van der Waals surface area contributed by atoms with Crippen LogP contribution >= 0.6 is 0 Å². The molecule has 0 unspecified atom stereocenters. The Morgan fingerprint density at radius 1 is 0.844 bits per heavy atom. The summed E-state index contributed by atoms with van der Waals surface area (Å²) in [4.78, 5) is 15.3. The van der Waals surface area contributed by atoms with Crippen molar-refractivity contribution < 1.29 is 22.0 Å². The molecule has 4 rings (SSSR count). The molecular formula is C23H27F2N3O3S. The van der Waals surface area contributed by atoms with E-state index >= 15 is 0 Å². The van der Waals surface area contributed by atoms with Crippen LogP contribution in [-0.4, -0.2) is 44.8 Å². The number of anilines is 2. The van der Waals surface area contributed by atoms with Gasteiger partial charge in [-0.2, -0.15) is 4.31 Å². The Labute approximate surface area is 187 Å². The first-order chi connectivity index (χ1) is 15.4. The molecule has 0 radical (unpaired) electrons. The lowest BCUT2D eigenvalue weighted by Crippen LogP contribution is -2.36. The minimum Gasteiger partial charge on any atom is -0.371 e. The van der Waals surface area contributed by atoms with Gasteiger partial charge >= 0.3 is 0 Å². The molecule has 2 aliphatic rings. The number of amides is 1. The summed E-state index contributed by atoms with van der Waals surface area (Å²) in [5.74, 6) is -2.27. The Morgan fingerprint density at radius 3 is 2.16 bits per heavy atom. The molecule has 2 heterocycles. The highest BCUT2D eigenvalue weighted by molar-refractivity contribution is 7.89. The first-order valence-electron chi connectivity index (χ1n) is 11.0. The van der Waals surface area contributed by atoms with Crippen LogP contribution in [0, 0.1) is 11.6 Å². The number of hydrogen-bond donors (Lipinski definition) is 1. The SMILES string of the molecule is O=C(Nc1ccc(F)cc1F)c1cc(S(=O)(=O)N2CCCCC2)ccc1N1CCCCC1. The standard InChI is InChI=1S/C23H27F2N3O3S/c24-17-7-9-21(20(25)15-17)26-23(29)19-16-18(32(30,31)28-13-5-2-6-14-28)8-10-22(19)27-11-3-1-4-12-27/h7-10,15-16H,1-6,11-14H2,(H,26,29). The van der Waals surface area contributed by atoms with E-state index in [1.165, 1.54) is 10.4 Å². The van der Waals surface area contributed by atoms with Crippen LogP contribution in [0.2, 0.25) is 0 Å². The van der Waals surface area contributed by atoms with Crippen LogP contribution in [0.1, 0.15) is 48.9 Å². The highest BCUT2D eigenvalue weighted by atomic mass is 32.2. The van der Waals surface area contributed by atoms with Gasteiger partial charge in [0, 0.05) is 37.9 Å². The van der Waals surface area contributed by atoms with Gasteiger partial charge in [0.2, 0.25) is 10.0 Å². The lowest BCUT2D eigenvalue weighted by molar-refractivity contribution is 0.102. The predicted octanol–water partition coefficient (Wildman–Crippen LogP) is 4.38. The van der Waals surface area contributed by atoms with E-state index in [1.807, 2.05) is 0 Å². The zero-order chi connectivity index (χ0) is 22.7. The van der Waals surface area contributed by atoms with E-state index in [1.54, 1.807) is 12.1 Å². The first kappa shape index (κ1) is 22.7. The maximum atomic E-state index is 14.1. The summed E-state index contributed by atoms with van der Waals surface area (Å²) in [6.45, 7) is 2.42. The molecule has 0 saturated carbocycles. The van der Waals surface area contributed by atoms with E-state index in [4.69, 9.17) is 0 Å². The molecule has 2 saturated heterocycles. The van der Waals surface area contributed by atoms with Gasteiger partial charge in [0.25, 0.3) is 5.91 Å². The van der Waals surface area contributed by atoms with E-state index in [2.05, 4.69) is 10.2 Å². The van der Waals surface area contributed by atoms with Gasteiger partial charge in [-0.3, -0.25) is 4.79 Å². The van der Waals surface area contributed by atoms with Crippen molar-refractivity contribution in [2.45, 2.75) is 43.4 Å². The molecule has 2 aromatic rings. The summed E-state index contributed by atoms with van der Waals surface area (Å²) >= 11 is 0. The normalized spacial score (nSPS) is 17.9. The second-order valence-electron chi connectivity index (χ2n) is 8.27. The minimum atomic E-state index is -3.74. The summed E-state index contributed by atoms with van der Waals surface area (Å²) < 4.78 is 55.2. The number of halogens is 2. The summed E-state index contributed by atoms with van der Waals surface area (Å²) in [5, 5.41) is 2.48. The molecule has 1 N–H and O–H groups in total. The molecule has 0 aromatic heterocycles. The number of carbonyl (C=O) groups is 1. The van der Waals surface area contributed by atoms with Crippen molar-refractivity contribution >= 4 is 27.3 Å². The van der Waals surface area contributed by atoms with E-state index < -0.39 is 27.6 Å². The summed E-state index contributed by atoms with van der Waals surface area (Å²) in [6.07, 6.45) is 5.66. The van der Waals surface area contributed by atoms with Gasteiger partial charge < -0.3 is 10.2 Å². The van der Waals surface area contributed by atoms with E-state index in [0.29, 0.717) is 24.8 Å².